The number of nitrogens with zero attached hydrogens (tertiary/aromatic N) is 1. The van der Waals surface area contributed by atoms with E-state index in [2.05, 4.69) is 0 Å². The predicted molar refractivity (Wildman–Crippen MR) is 69.2 cm³/mol. The lowest BCUT2D eigenvalue weighted by Gasteiger charge is -2.37. The van der Waals surface area contributed by atoms with Crippen LogP contribution in [0.15, 0.2) is 0 Å². The van der Waals surface area contributed by atoms with Crippen molar-refractivity contribution in [2.75, 3.05) is 20.3 Å². The summed E-state index contributed by atoms with van der Waals surface area (Å²) in [5.41, 5.74) is 0. The lowest BCUT2D eigenvalue weighted by molar-refractivity contribution is -0.135. The Bertz CT molecular complexity index is 282. The molecule has 2 rings (SSSR count). The Hall–Kier alpha value is -0.610. The van der Waals surface area contributed by atoms with Gasteiger partial charge in [-0.3, -0.25) is 4.79 Å². The van der Waals surface area contributed by atoms with E-state index in [9.17, 15) is 9.90 Å². The van der Waals surface area contributed by atoms with Gasteiger partial charge in [-0.1, -0.05) is 12.8 Å². The molecular formula is C14H25NO3. The van der Waals surface area contributed by atoms with Crippen LogP contribution in [0.4, 0.5) is 0 Å². The first-order chi connectivity index (χ1) is 8.74. The van der Waals surface area contributed by atoms with Crippen molar-refractivity contribution in [3.05, 3.63) is 0 Å². The second-order valence-electron chi connectivity index (χ2n) is 5.56. The Balaban J connectivity index is 1.95. The molecule has 1 heterocycles. The van der Waals surface area contributed by atoms with Crippen molar-refractivity contribution >= 4 is 5.91 Å². The fourth-order valence-corrected chi connectivity index (χ4v) is 3.47. The molecule has 2 aliphatic rings. The molecule has 4 heteroatoms. The molecule has 1 N–H and O–H groups in total. The maximum atomic E-state index is 12.1. The Morgan fingerprint density at radius 3 is 2.78 bits per heavy atom. The van der Waals surface area contributed by atoms with E-state index in [4.69, 9.17) is 4.74 Å². The van der Waals surface area contributed by atoms with Crippen molar-refractivity contribution in [1.82, 2.24) is 4.90 Å². The minimum atomic E-state index is -0.209. The van der Waals surface area contributed by atoms with Crippen LogP contribution in [0.3, 0.4) is 0 Å². The molecule has 1 amide bonds. The lowest BCUT2D eigenvalue weighted by atomic mass is 9.80. The van der Waals surface area contributed by atoms with Crippen molar-refractivity contribution < 1.29 is 14.6 Å². The zero-order chi connectivity index (χ0) is 13.0. The number of hydrogen-bond acceptors (Lipinski definition) is 3. The number of carbonyl (C=O) groups excluding carboxylic acids is 1. The lowest BCUT2D eigenvalue weighted by Crippen LogP contribution is -2.45. The highest BCUT2D eigenvalue weighted by atomic mass is 16.5. The summed E-state index contributed by atoms with van der Waals surface area (Å²) >= 11 is 0. The van der Waals surface area contributed by atoms with E-state index >= 15 is 0 Å². The molecule has 18 heavy (non-hydrogen) atoms. The van der Waals surface area contributed by atoms with Gasteiger partial charge in [-0.25, -0.2) is 0 Å². The second-order valence-corrected chi connectivity index (χ2v) is 5.56. The Kier molecular flexibility index (Phi) is 5.01. The second kappa shape index (κ2) is 6.53. The molecule has 0 radical (unpaired) electrons. The normalized spacial score (nSPS) is 32.8. The molecule has 1 aliphatic heterocycles. The van der Waals surface area contributed by atoms with Crippen LogP contribution in [0.2, 0.25) is 0 Å². The summed E-state index contributed by atoms with van der Waals surface area (Å²) in [6.07, 6.45) is 6.68. The smallest absolute Gasteiger partial charge is 0.225 e. The third-order valence-electron chi connectivity index (χ3n) is 4.42. The van der Waals surface area contributed by atoms with Crippen LogP contribution < -0.4 is 0 Å². The van der Waals surface area contributed by atoms with Gasteiger partial charge in [0.15, 0.2) is 0 Å². The summed E-state index contributed by atoms with van der Waals surface area (Å²) in [7, 11) is 1.62. The molecule has 0 aromatic rings. The zero-order valence-corrected chi connectivity index (χ0v) is 11.3. The standard InChI is InChI=1S/C14H25NO3/c1-18-10-8-14(17)15-9-4-6-12(15)11-5-2-3-7-13(11)16/h11-13,16H,2-10H2,1H3/t11-,12-,13-/m1/s1. The molecule has 4 nitrogen and oxygen atoms in total. The average Bonchev–Trinajstić information content (AvgIpc) is 2.85. The molecule has 1 saturated carbocycles. The summed E-state index contributed by atoms with van der Waals surface area (Å²) in [5, 5.41) is 10.1. The molecule has 1 aliphatic carbocycles. The van der Waals surface area contributed by atoms with Gasteiger partial charge in [-0.15, -0.1) is 0 Å². The third-order valence-corrected chi connectivity index (χ3v) is 4.42. The van der Waals surface area contributed by atoms with Crippen molar-refractivity contribution in [2.24, 2.45) is 5.92 Å². The fraction of sp³-hybridized carbons (Fsp3) is 0.929. The van der Waals surface area contributed by atoms with Crippen LogP contribution in [0.5, 0.6) is 0 Å². The maximum Gasteiger partial charge on any atom is 0.225 e. The highest BCUT2D eigenvalue weighted by molar-refractivity contribution is 5.77. The van der Waals surface area contributed by atoms with Crippen LogP contribution >= 0.6 is 0 Å². The van der Waals surface area contributed by atoms with Gasteiger partial charge in [0.2, 0.25) is 5.91 Å². The van der Waals surface area contributed by atoms with Gasteiger partial charge in [-0.05, 0) is 25.7 Å². The van der Waals surface area contributed by atoms with Crippen LogP contribution in [-0.2, 0) is 9.53 Å². The van der Waals surface area contributed by atoms with Gasteiger partial charge in [0, 0.05) is 25.6 Å². The minimum Gasteiger partial charge on any atom is -0.393 e. The fourth-order valence-electron chi connectivity index (χ4n) is 3.47. The van der Waals surface area contributed by atoms with E-state index in [-0.39, 0.29) is 18.1 Å². The topological polar surface area (TPSA) is 49.8 Å². The first-order valence-electron chi connectivity index (χ1n) is 7.20. The highest BCUT2D eigenvalue weighted by Crippen LogP contribution is 2.34. The van der Waals surface area contributed by atoms with Crippen LogP contribution in [0, 0.1) is 5.92 Å². The summed E-state index contributed by atoms with van der Waals surface area (Å²) in [4.78, 5) is 14.1. The van der Waals surface area contributed by atoms with Gasteiger partial charge in [0.05, 0.1) is 19.1 Å². The molecular weight excluding hydrogens is 230 g/mol. The first kappa shape index (κ1) is 13.8. The van der Waals surface area contributed by atoms with Gasteiger partial charge >= 0.3 is 0 Å². The zero-order valence-electron chi connectivity index (χ0n) is 11.3. The van der Waals surface area contributed by atoms with Gasteiger partial charge in [-0.2, -0.15) is 0 Å². The number of amides is 1. The molecule has 0 aromatic carbocycles. The van der Waals surface area contributed by atoms with E-state index < -0.39 is 0 Å². The van der Waals surface area contributed by atoms with Crippen LogP contribution in [-0.4, -0.2) is 48.3 Å². The number of aliphatic hydroxyl groups excluding tert-OH is 1. The predicted octanol–water partition coefficient (Wildman–Crippen LogP) is 1.56. The highest BCUT2D eigenvalue weighted by Gasteiger charge is 2.38. The molecule has 0 spiro atoms. The first-order valence-corrected chi connectivity index (χ1v) is 7.20. The van der Waals surface area contributed by atoms with Gasteiger partial charge in [0.25, 0.3) is 0 Å². The van der Waals surface area contributed by atoms with Crippen molar-refractivity contribution in [2.45, 2.75) is 57.1 Å². The number of aliphatic hydroxyl groups is 1. The number of hydrogen-bond donors (Lipinski definition) is 1. The third kappa shape index (κ3) is 3.04. The molecule has 104 valence electrons. The molecule has 0 aromatic heterocycles. The summed E-state index contributed by atoms with van der Waals surface area (Å²) in [6.45, 7) is 1.35. The van der Waals surface area contributed by atoms with E-state index in [0.717, 1.165) is 38.6 Å². The molecule has 0 bridgehead atoms. The van der Waals surface area contributed by atoms with E-state index in [1.807, 2.05) is 4.90 Å². The number of rotatable bonds is 4. The van der Waals surface area contributed by atoms with Crippen molar-refractivity contribution in [3.8, 4) is 0 Å². The van der Waals surface area contributed by atoms with E-state index in [1.165, 1.54) is 6.42 Å². The number of likely N-dealkylation sites (tertiary alicyclic amines) is 1. The Morgan fingerprint density at radius 1 is 1.28 bits per heavy atom. The van der Waals surface area contributed by atoms with E-state index in [1.54, 1.807) is 7.11 Å². The molecule has 0 unspecified atom stereocenters. The monoisotopic (exact) mass is 255 g/mol. The minimum absolute atomic E-state index is 0.192. The van der Waals surface area contributed by atoms with Crippen LogP contribution in [0.1, 0.15) is 44.9 Å². The van der Waals surface area contributed by atoms with Crippen LogP contribution in [0.25, 0.3) is 0 Å². The largest absolute Gasteiger partial charge is 0.393 e. The summed E-state index contributed by atoms with van der Waals surface area (Å²) < 4.78 is 4.98. The van der Waals surface area contributed by atoms with Crippen molar-refractivity contribution in [1.29, 1.82) is 0 Å². The quantitative estimate of drug-likeness (QED) is 0.829. The number of carbonyl (C=O) groups is 1. The summed E-state index contributed by atoms with van der Waals surface area (Å²) in [6, 6.07) is 0.268. The SMILES string of the molecule is COCCC(=O)N1CCC[C@@H]1[C@H]1CCCC[C@H]1O. The Labute approximate surface area is 109 Å². The van der Waals surface area contributed by atoms with E-state index in [0.29, 0.717) is 18.9 Å². The number of methoxy groups -OCH3 is 1. The molecule has 1 saturated heterocycles. The van der Waals surface area contributed by atoms with Gasteiger partial charge in [0.1, 0.15) is 0 Å². The average molecular weight is 255 g/mol. The number of ether oxygens (including phenoxy) is 1. The molecule has 2 fully saturated rings. The Morgan fingerprint density at radius 2 is 2.06 bits per heavy atom. The van der Waals surface area contributed by atoms with Gasteiger partial charge < -0.3 is 14.7 Å². The molecule has 3 atom stereocenters. The van der Waals surface area contributed by atoms with Crippen molar-refractivity contribution in [3.63, 3.8) is 0 Å². The maximum absolute atomic E-state index is 12.1. The summed E-state index contributed by atoms with van der Waals surface area (Å²) in [5.74, 6) is 0.491.